The summed E-state index contributed by atoms with van der Waals surface area (Å²) in [7, 11) is 4.50. The average Bonchev–Trinajstić information content (AvgIpc) is 2.38. The molecule has 2 rings (SSSR count). The highest BCUT2D eigenvalue weighted by Gasteiger charge is 2.37. The van der Waals surface area contributed by atoms with Crippen LogP contribution < -0.4 is 10.2 Å². The van der Waals surface area contributed by atoms with E-state index in [1.165, 1.54) is 58.2 Å². The average molecular weight is 295 g/mol. The molecule has 0 saturated carbocycles. The van der Waals surface area contributed by atoms with Crippen LogP contribution in [-0.2, 0) is 0 Å². The third-order valence-corrected chi connectivity index (χ3v) is 5.92. The van der Waals surface area contributed by atoms with Crippen molar-refractivity contribution in [2.24, 2.45) is 17.3 Å². The van der Waals surface area contributed by atoms with Crippen molar-refractivity contribution < 1.29 is 10.2 Å². The molecule has 0 unspecified atom stereocenters. The van der Waals surface area contributed by atoms with Gasteiger partial charge in [-0.3, -0.25) is 0 Å². The van der Waals surface area contributed by atoms with Gasteiger partial charge in [-0.05, 0) is 43.4 Å². The van der Waals surface area contributed by atoms with Crippen molar-refractivity contribution in [2.75, 3.05) is 33.7 Å². The highest BCUT2D eigenvalue weighted by Crippen LogP contribution is 2.48. The molecular formula is C19H38N2+2. The van der Waals surface area contributed by atoms with Gasteiger partial charge in [-0.2, -0.15) is 0 Å². The van der Waals surface area contributed by atoms with E-state index in [0.717, 1.165) is 11.8 Å². The first-order valence-electron chi connectivity index (χ1n) is 9.22. The lowest BCUT2D eigenvalue weighted by Crippen LogP contribution is -3.06. The van der Waals surface area contributed by atoms with E-state index in [-0.39, 0.29) is 0 Å². The fourth-order valence-electron chi connectivity index (χ4n) is 4.44. The van der Waals surface area contributed by atoms with Crippen LogP contribution in [0.4, 0.5) is 0 Å². The summed E-state index contributed by atoms with van der Waals surface area (Å²) in [6.45, 7) is 11.4. The summed E-state index contributed by atoms with van der Waals surface area (Å²) in [6, 6.07) is 0. The molecule has 0 aromatic heterocycles. The lowest BCUT2D eigenvalue weighted by molar-refractivity contribution is -0.860. The van der Waals surface area contributed by atoms with Crippen LogP contribution in [0.5, 0.6) is 0 Å². The maximum Gasteiger partial charge on any atom is 0.0821 e. The summed E-state index contributed by atoms with van der Waals surface area (Å²) in [4.78, 5) is 1.58. The molecule has 2 atom stereocenters. The van der Waals surface area contributed by atoms with Crippen LogP contribution >= 0.6 is 0 Å². The van der Waals surface area contributed by atoms with E-state index in [0.29, 0.717) is 5.41 Å². The highest BCUT2D eigenvalue weighted by atomic mass is 15.1. The molecular weight excluding hydrogens is 256 g/mol. The molecule has 2 nitrogen and oxygen atoms in total. The van der Waals surface area contributed by atoms with Gasteiger partial charge in [-0.1, -0.05) is 31.9 Å². The quantitative estimate of drug-likeness (QED) is 0.549. The third-order valence-electron chi connectivity index (χ3n) is 5.92. The van der Waals surface area contributed by atoms with E-state index in [1.807, 2.05) is 11.1 Å². The molecule has 2 heteroatoms. The van der Waals surface area contributed by atoms with Crippen molar-refractivity contribution in [2.45, 2.75) is 59.3 Å². The summed E-state index contributed by atoms with van der Waals surface area (Å²) in [6.07, 6.45) is 8.34. The van der Waals surface area contributed by atoms with E-state index < -0.39 is 0 Å². The Morgan fingerprint density at radius 1 is 1.24 bits per heavy atom. The Morgan fingerprint density at radius 3 is 2.71 bits per heavy atom. The normalized spacial score (nSPS) is 28.9. The predicted octanol–water partition coefficient (Wildman–Crippen LogP) is 1.64. The molecule has 2 aliphatic carbocycles. The zero-order chi connectivity index (χ0) is 15.5. The number of rotatable bonds is 6. The Balaban J connectivity index is 1.84. The molecule has 0 saturated heterocycles. The van der Waals surface area contributed by atoms with Crippen LogP contribution in [0.15, 0.2) is 11.1 Å². The number of allylic oxidation sites excluding steroid dienone is 2. The Morgan fingerprint density at radius 2 is 2.00 bits per heavy atom. The summed E-state index contributed by atoms with van der Waals surface area (Å²) >= 11 is 0. The van der Waals surface area contributed by atoms with Crippen LogP contribution in [-0.4, -0.2) is 33.7 Å². The van der Waals surface area contributed by atoms with Crippen molar-refractivity contribution >= 4 is 0 Å². The fourth-order valence-corrected chi connectivity index (χ4v) is 4.44. The zero-order valence-corrected chi connectivity index (χ0v) is 15.1. The van der Waals surface area contributed by atoms with Gasteiger partial charge < -0.3 is 10.2 Å². The summed E-state index contributed by atoms with van der Waals surface area (Å²) in [5, 5.41) is 2.59. The first-order valence-corrected chi connectivity index (χ1v) is 9.22. The third kappa shape index (κ3) is 4.56. The van der Waals surface area contributed by atoms with Gasteiger partial charge in [-0.25, -0.2) is 0 Å². The molecule has 0 aromatic carbocycles. The first kappa shape index (κ1) is 17.0. The lowest BCUT2D eigenvalue weighted by Gasteiger charge is -2.42. The van der Waals surface area contributed by atoms with Crippen LogP contribution in [0.2, 0.25) is 0 Å². The predicted molar refractivity (Wildman–Crippen MR) is 90.5 cm³/mol. The van der Waals surface area contributed by atoms with Gasteiger partial charge in [0.15, 0.2) is 0 Å². The second-order valence-corrected chi connectivity index (χ2v) is 8.59. The molecule has 0 fully saturated rings. The van der Waals surface area contributed by atoms with Crippen molar-refractivity contribution in [1.29, 1.82) is 0 Å². The van der Waals surface area contributed by atoms with E-state index in [4.69, 9.17) is 0 Å². The van der Waals surface area contributed by atoms with Crippen LogP contribution in [0, 0.1) is 17.3 Å². The molecule has 3 N–H and O–H groups in total. The standard InChI is InChI=1S/C19H36N2/c1-15-12-16-8-6-9-19(2,3)18(16)13-17(15)14-20-10-7-11-21(4)5/h15,17,20H,6-14H2,1-5H3/p+2/t15-,17+/m1/s1. The monoisotopic (exact) mass is 294 g/mol. The van der Waals surface area contributed by atoms with Crippen molar-refractivity contribution in [3.8, 4) is 0 Å². The van der Waals surface area contributed by atoms with Crippen LogP contribution in [0.1, 0.15) is 59.3 Å². The van der Waals surface area contributed by atoms with Gasteiger partial charge in [0.2, 0.25) is 0 Å². The first-order chi connectivity index (χ1) is 9.90. The molecule has 122 valence electrons. The van der Waals surface area contributed by atoms with Crippen molar-refractivity contribution in [3.63, 3.8) is 0 Å². The maximum atomic E-state index is 2.59. The Labute approximate surface area is 132 Å². The molecule has 0 aromatic rings. The van der Waals surface area contributed by atoms with Gasteiger partial charge in [0.25, 0.3) is 0 Å². The number of nitrogens with one attached hydrogen (secondary N) is 1. The number of quaternary nitrogens is 2. The Kier molecular flexibility index (Phi) is 5.90. The number of hydrogen-bond acceptors (Lipinski definition) is 0. The van der Waals surface area contributed by atoms with Gasteiger partial charge in [0, 0.05) is 12.3 Å². The molecule has 2 aliphatic rings. The minimum atomic E-state index is 0.486. The second-order valence-electron chi connectivity index (χ2n) is 8.59. The summed E-state index contributed by atoms with van der Waals surface area (Å²) in [5.74, 6) is 1.81. The molecule has 21 heavy (non-hydrogen) atoms. The maximum absolute atomic E-state index is 2.59. The minimum absolute atomic E-state index is 0.486. The molecule has 0 radical (unpaired) electrons. The lowest BCUT2D eigenvalue weighted by atomic mass is 9.63. The molecule has 0 spiro atoms. The SMILES string of the molecule is C[C@@H]1CC2=C(C[C@H]1C[NH2+]CCC[NH+](C)C)C(C)(C)CCC2. The second kappa shape index (κ2) is 7.28. The van der Waals surface area contributed by atoms with Gasteiger partial charge >= 0.3 is 0 Å². The van der Waals surface area contributed by atoms with Crippen LogP contribution in [0.3, 0.4) is 0 Å². The van der Waals surface area contributed by atoms with Gasteiger partial charge in [0.1, 0.15) is 0 Å². The smallest absolute Gasteiger partial charge is 0.0821 e. The zero-order valence-electron chi connectivity index (χ0n) is 15.1. The Hall–Kier alpha value is -0.340. The van der Waals surface area contributed by atoms with Gasteiger partial charge in [0.05, 0.1) is 33.7 Å². The van der Waals surface area contributed by atoms with Gasteiger partial charge in [-0.15, -0.1) is 0 Å². The molecule has 0 bridgehead atoms. The van der Waals surface area contributed by atoms with E-state index in [1.54, 1.807) is 4.90 Å². The molecule has 0 amide bonds. The molecule has 0 heterocycles. The highest BCUT2D eigenvalue weighted by molar-refractivity contribution is 5.27. The van der Waals surface area contributed by atoms with Crippen LogP contribution in [0.25, 0.3) is 0 Å². The topological polar surface area (TPSA) is 21.1 Å². The van der Waals surface area contributed by atoms with Crippen molar-refractivity contribution in [3.05, 3.63) is 11.1 Å². The number of hydrogen-bond donors (Lipinski definition) is 2. The largest absolute Gasteiger partial charge is 0.346 e. The van der Waals surface area contributed by atoms with Crippen molar-refractivity contribution in [1.82, 2.24) is 0 Å². The van der Waals surface area contributed by atoms with E-state index in [2.05, 4.69) is 40.2 Å². The van der Waals surface area contributed by atoms with E-state index in [9.17, 15) is 0 Å². The minimum Gasteiger partial charge on any atom is -0.346 e. The Bertz CT molecular complexity index is 368. The summed E-state index contributed by atoms with van der Waals surface area (Å²) in [5.41, 5.74) is 4.18. The number of nitrogens with two attached hydrogens (primary N) is 1. The fraction of sp³-hybridized carbons (Fsp3) is 0.895. The summed E-state index contributed by atoms with van der Waals surface area (Å²) < 4.78 is 0. The molecule has 0 aliphatic heterocycles. The van der Waals surface area contributed by atoms with E-state index >= 15 is 0 Å².